The standard InChI is InChI=1S/C16H31N3/c1-18(15-6-4-2-3-5-7-15)16(12-17)13-19-10-8-14(16)9-11-19/h14-15H,2-13,17H2,1H3. The van der Waals surface area contributed by atoms with Gasteiger partial charge in [0.1, 0.15) is 0 Å². The Morgan fingerprint density at radius 3 is 2.16 bits per heavy atom. The Morgan fingerprint density at radius 1 is 1.05 bits per heavy atom. The minimum Gasteiger partial charge on any atom is -0.329 e. The predicted molar refractivity (Wildman–Crippen MR) is 80.2 cm³/mol. The van der Waals surface area contributed by atoms with Crippen LogP contribution in [0.3, 0.4) is 0 Å². The van der Waals surface area contributed by atoms with Crippen LogP contribution in [-0.2, 0) is 0 Å². The molecule has 3 heterocycles. The van der Waals surface area contributed by atoms with Gasteiger partial charge in [-0.3, -0.25) is 4.90 Å². The summed E-state index contributed by atoms with van der Waals surface area (Å²) in [4.78, 5) is 5.38. The van der Waals surface area contributed by atoms with Crippen LogP contribution in [0.1, 0.15) is 51.4 Å². The third-order valence-corrected chi connectivity index (χ3v) is 6.27. The normalized spacial score (nSPS) is 40.6. The number of fused-ring (bicyclic) bond motifs is 3. The Kier molecular flexibility index (Phi) is 4.16. The summed E-state index contributed by atoms with van der Waals surface area (Å²) in [6, 6.07) is 0.784. The molecule has 0 amide bonds. The van der Waals surface area contributed by atoms with E-state index in [0.29, 0.717) is 0 Å². The molecule has 1 atom stereocenters. The Hall–Kier alpha value is -0.120. The van der Waals surface area contributed by atoms with E-state index >= 15 is 0 Å². The van der Waals surface area contributed by atoms with E-state index in [-0.39, 0.29) is 5.54 Å². The number of likely N-dealkylation sites (N-methyl/N-ethyl adjacent to an activating group) is 1. The van der Waals surface area contributed by atoms with Crippen molar-refractivity contribution in [3.8, 4) is 0 Å². The summed E-state index contributed by atoms with van der Waals surface area (Å²) in [5, 5.41) is 0. The number of hydrogen-bond donors (Lipinski definition) is 1. The highest BCUT2D eigenvalue weighted by Gasteiger charge is 2.49. The van der Waals surface area contributed by atoms with Crippen LogP contribution in [0.4, 0.5) is 0 Å². The van der Waals surface area contributed by atoms with Gasteiger partial charge < -0.3 is 10.6 Å². The fourth-order valence-electron chi connectivity index (χ4n) is 4.93. The van der Waals surface area contributed by atoms with Gasteiger partial charge in [-0.25, -0.2) is 0 Å². The van der Waals surface area contributed by atoms with E-state index in [1.807, 2.05) is 0 Å². The van der Waals surface area contributed by atoms with Crippen molar-refractivity contribution in [1.29, 1.82) is 0 Å². The lowest BCUT2D eigenvalue weighted by Gasteiger charge is -2.58. The molecule has 2 bridgehead atoms. The molecule has 0 radical (unpaired) electrons. The van der Waals surface area contributed by atoms with Gasteiger partial charge >= 0.3 is 0 Å². The van der Waals surface area contributed by atoms with E-state index in [1.165, 1.54) is 71.0 Å². The first-order valence-corrected chi connectivity index (χ1v) is 8.41. The second-order valence-corrected chi connectivity index (χ2v) is 7.11. The summed E-state index contributed by atoms with van der Waals surface area (Å²) in [6.45, 7) is 4.69. The molecule has 2 N–H and O–H groups in total. The van der Waals surface area contributed by atoms with Crippen LogP contribution in [0.2, 0.25) is 0 Å². The average molecular weight is 265 g/mol. The predicted octanol–water partition coefficient (Wildman–Crippen LogP) is 2.06. The highest BCUT2D eigenvalue weighted by Crippen LogP contribution is 2.40. The molecule has 3 nitrogen and oxygen atoms in total. The zero-order valence-electron chi connectivity index (χ0n) is 12.6. The Morgan fingerprint density at radius 2 is 1.68 bits per heavy atom. The topological polar surface area (TPSA) is 32.5 Å². The average Bonchev–Trinajstić information content (AvgIpc) is 2.76. The lowest BCUT2D eigenvalue weighted by molar-refractivity contribution is -0.0751. The number of piperidine rings is 3. The molecule has 0 spiro atoms. The Labute approximate surface area is 118 Å². The monoisotopic (exact) mass is 265 g/mol. The quantitative estimate of drug-likeness (QED) is 0.793. The van der Waals surface area contributed by atoms with Crippen molar-refractivity contribution >= 4 is 0 Å². The van der Waals surface area contributed by atoms with Gasteiger partial charge in [-0.15, -0.1) is 0 Å². The maximum atomic E-state index is 6.30. The SMILES string of the molecule is CN(C1CCCCCC1)C1(CN)CN2CCC1CC2. The van der Waals surface area contributed by atoms with Crippen molar-refractivity contribution in [2.45, 2.75) is 62.9 Å². The molecular weight excluding hydrogens is 234 g/mol. The lowest BCUT2D eigenvalue weighted by Crippen LogP contribution is -2.70. The highest BCUT2D eigenvalue weighted by molar-refractivity contribution is 5.06. The fourth-order valence-corrected chi connectivity index (χ4v) is 4.93. The van der Waals surface area contributed by atoms with Crippen molar-refractivity contribution in [2.75, 3.05) is 33.2 Å². The van der Waals surface area contributed by atoms with Gasteiger partial charge in [0.15, 0.2) is 0 Å². The van der Waals surface area contributed by atoms with Gasteiger partial charge in [0, 0.05) is 24.7 Å². The maximum absolute atomic E-state index is 6.30. The maximum Gasteiger partial charge on any atom is 0.0487 e. The van der Waals surface area contributed by atoms with E-state index in [9.17, 15) is 0 Å². The molecule has 19 heavy (non-hydrogen) atoms. The first kappa shape index (κ1) is 13.8. The molecule has 1 saturated carbocycles. The van der Waals surface area contributed by atoms with Gasteiger partial charge in [-0.05, 0) is 51.7 Å². The second kappa shape index (κ2) is 5.71. The molecule has 3 aliphatic heterocycles. The molecule has 1 unspecified atom stereocenters. The van der Waals surface area contributed by atoms with Crippen molar-refractivity contribution in [1.82, 2.24) is 9.80 Å². The molecule has 3 saturated heterocycles. The molecule has 4 aliphatic rings. The third-order valence-electron chi connectivity index (χ3n) is 6.27. The van der Waals surface area contributed by atoms with Crippen LogP contribution < -0.4 is 5.73 Å². The number of rotatable bonds is 3. The highest BCUT2D eigenvalue weighted by atomic mass is 15.3. The first-order chi connectivity index (χ1) is 9.26. The smallest absolute Gasteiger partial charge is 0.0487 e. The van der Waals surface area contributed by atoms with Gasteiger partial charge in [0.2, 0.25) is 0 Å². The van der Waals surface area contributed by atoms with Crippen molar-refractivity contribution in [2.24, 2.45) is 11.7 Å². The number of nitrogens with zero attached hydrogens (tertiary/aromatic N) is 2. The van der Waals surface area contributed by atoms with E-state index in [2.05, 4.69) is 16.8 Å². The van der Waals surface area contributed by atoms with Crippen LogP contribution in [0, 0.1) is 5.92 Å². The number of hydrogen-bond acceptors (Lipinski definition) is 3. The van der Waals surface area contributed by atoms with Crippen molar-refractivity contribution < 1.29 is 0 Å². The molecule has 1 aliphatic carbocycles. The second-order valence-electron chi connectivity index (χ2n) is 7.11. The molecule has 0 aromatic carbocycles. The molecule has 4 fully saturated rings. The summed E-state index contributed by atoms with van der Waals surface area (Å²) in [5.74, 6) is 0.843. The van der Waals surface area contributed by atoms with Crippen molar-refractivity contribution in [3.05, 3.63) is 0 Å². The molecular formula is C16H31N3. The number of nitrogens with two attached hydrogens (primary N) is 1. The minimum atomic E-state index is 0.283. The summed E-state index contributed by atoms with van der Waals surface area (Å²) in [6.07, 6.45) is 11.2. The van der Waals surface area contributed by atoms with E-state index < -0.39 is 0 Å². The summed E-state index contributed by atoms with van der Waals surface area (Å²) in [5.41, 5.74) is 6.59. The summed E-state index contributed by atoms with van der Waals surface area (Å²) in [7, 11) is 2.38. The molecule has 0 aromatic heterocycles. The van der Waals surface area contributed by atoms with Crippen LogP contribution in [0.25, 0.3) is 0 Å². The van der Waals surface area contributed by atoms with Gasteiger partial charge in [-0.2, -0.15) is 0 Å². The van der Waals surface area contributed by atoms with Crippen LogP contribution in [0.5, 0.6) is 0 Å². The Balaban J connectivity index is 1.76. The van der Waals surface area contributed by atoms with E-state index in [0.717, 1.165) is 18.5 Å². The van der Waals surface area contributed by atoms with E-state index in [4.69, 9.17) is 5.73 Å². The van der Waals surface area contributed by atoms with Gasteiger partial charge in [-0.1, -0.05) is 25.7 Å². The minimum absolute atomic E-state index is 0.283. The van der Waals surface area contributed by atoms with Crippen LogP contribution in [-0.4, -0.2) is 54.6 Å². The Bertz CT molecular complexity index is 290. The van der Waals surface area contributed by atoms with Crippen LogP contribution >= 0.6 is 0 Å². The van der Waals surface area contributed by atoms with Crippen LogP contribution in [0.15, 0.2) is 0 Å². The zero-order chi connectivity index (χ0) is 13.3. The fraction of sp³-hybridized carbons (Fsp3) is 1.00. The summed E-state index contributed by atoms with van der Waals surface area (Å²) >= 11 is 0. The summed E-state index contributed by atoms with van der Waals surface area (Å²) < 4.78 is 0. The first-order valence-electron chi connectivity index (χ1n) is 8.41. The van der Waals surface area contributed by atoms with Gasteiger partial charge in [0.05, 0.1) is 0 Å². The third kappa shape index (κ3) is 2.45. The molecule has 0 aromatic rings. The van der Waals surface area contributed by atoms with Crippen molar-refractivity contribution in [3.63, 3.8) is 0 Å². The zero-order valence-corrected chi connectivity index (χ0v) is 12.6. The van der Waals surface area contributed by atoms with E-state index in [1.54, 1.807) is 0 Å². The van der Waals surface area contributed by atoms with Gasteiger partial charge in [0.25, 0.3) is 0 Å². The largest absolute Gasteiger partial charge is 0.329 e. The lowest BCUT2D eigenvalue weighted by atomic mass is 9.71. The molecule has 3 heteroatoms. The molecule has 110 valence electrons. The molecule has 4 rings (SSSR count).